The first-order chi connectivity index (χ1) is 13.8. The molecule has 0 aliphatic heterocycles. The minimum Gasteiger partial charge on any atom is -0.748 e. The Bertz CT molecular complexity index is 1130. The van der Waals surface area contributed by atoms with Gasteiger partial charge in [0.05, 0.1) is 20.8 Å². The predicted octanol–water partition coefficient (Wildman–Crippen LogP) is -9.74. The number of hydrogen-bond donors (Lipinski definition) is 0. The van der Waals surface area contributed by atoms with Gasteiger partial charge in [-0.15, -0.1) is 0 Å². The maximum absolute atomic E-state index is 12.1. The number of benzene rings is 1. The summed E-state index contributed by atoms with van der Waals surface area (Å²) in [5.74, 6) is 0.561. The van der Waals surface area contributed by atoms with E-state index in [0.717, 1.165) is 0 Å². The molecule has 0 saturated heterocycles. The number of Topliss-reactive ketones (excluding diaryl/α,β-unsaturated/α-hetero) is 1. The molecule has 0 fully saturated rings. The molecule has 0 heterocycles. The van der Waals surface area contributed by atoms with Crippen molar-refractivity contribution in [1.82, 2.24) is 0 Å². The molecule has 12 nitrogen and oxygen atoms in total. The van der Waals surface area contributed by atoms with Gasteiger partial charge in [0, 0.05) is 23.7 Å². The monoisotopic (exact) mass is 656 g/mol. The van der Waals surface area contributed by atoms with E-state index in [2.05, 4.69) is 0 Å². The molecule has 0 amide bonds. The molecule has 180 valence electrons. The van der Waals surface area contributed by atoms with Crippen molar-refractivity contribution in [2.75, 3.05) is 23.0 Å². The van der Waals surface area contributed by atoms with Crippen LogP contribution in [0.25, 0.3) is 0 Å². The number of rotatable bonds is 11. The Morgan fingerprint density at radius 3 is 1.56 bits per heavy atom. The van der Waals surface area contributed by atoms with Gasteiger partial charge in [0.25, 0.3) is 0 Å². The van der Waals surface area contributed by atoms with E-state index in [1.807, 2.05) is 0 Å². The Balaban J connectivity index is -0.000000354. The Morgan fingerprint density at radius 1 is 0.765 bits per heavy atom. The molecule has 0 atom stereocenters. The normalized spacial score (nSPS) is 11.5. The van der Waals surface area contributed by atoms with Crippen LogP contribution in [0.5, 0.6) is 0 Å². The molecule has 0 aliphatic carbocycles. The fourth-order valence-corrected chi connectivity index (χ4v) is 4.97. The molecule has 0 aromatic heterocycles. The minimum absolute atomic E-state index is 0. The van der Waals surface area contributed by atoms with Crippen molar-refractivity contribution in [2.45, 2.75) is 24.7 Å². The fraction of sp³-hybridized carbons (Fsp3) is 0.500. The Hall–Kier alpha value is 3.83. The molecule has 0 spiro atoms. The average molecular weight is 657 g/mol. The summed E-state index contributed by atoms with van der Waals surface area (Å²) in [5, 5.41) is 0. The molecule has 0 saturated carbocycles. The zero-order valence-electron chi connectivity index (χ0n) is 19.0. The quantitative estimate of drug-likeness (QED) is 0.0935. The summed E-state index contributed by atoms with van der Waals surface area (Å²) in [6, 6.07) is 5.87. The largest absolute Gasteiger partial charge is 1.00 e. The third kappa shape index (κ3) is 22.6. The van der Waals surface area contributed by atoms with Gasteiger partial charge >= 0.3 is 154 Å². The summed E-state index contributed by atoms with van der Waals surface area (Å²) in [4.78, 5) is 10.9. The zero-order valence-corrected chi connectivity index (χ0v) is 32.4. The molecular weight excluding hydrogens is 638 g/mol. The standard InChI is InChI=1S/C14H20O6S3.3K.H2O6S2/c1-12(15)6-8-21-9-11-22(16,17)14-4-2-13(3-5-14)7-10-23(18,19)20;;;;1-7(2,3)8(4,5)6/h2-5H,6-11H2,1H3,(H,18,19,20);;;;(H,1,2,3)(H,4,5,6)/q;3*+1;/p-3. The number of sulfone groups is 1. The smallest absolute Gasteiger partial charge is 0.748 e. The Morgan fingerprint density at radius 2 is 1.21 bits per heavy atom. The average Bonchev–Trinajstić information content (AvgIpc) is 2.58. The van der Waals surface area contributed by atoms with Gasteiger partial charge < -0.3 is 13.7 Å². The van der Waals surface area contributed by atoms with Gasteiger partial charge in [0.1, 0.15) is 5.78 Å². The van der Waals surface area contributed by atoms with Gasteiger partial charge in [0.2, 0.25) is 0 Å². The zero-order chi connectivity index (χ0) is 24.5. The third-order valence-electron chi connectivity index (χ3n) is 3.27. The first-order valence-corrected chi connectivity index (χ1v) is 15.8. The topological polar surface area (TPSA) is 223 Å². The Labute approximate surface area is 331 Å². The number of carbonyl (C=O) groups is 1. The summed E-state index contributed by atoms with van der Waals surface area (Å²) in [6.45, 7) is 1.50. The maximum Gasteiger partial charge on any atom is 1.00 e. The molecule has 1 rings (SSSR count). The predicted molar refractivity (Wildman–Crippen MR) is 109 cm³/mol. The van der Waals surface area contributed by atoms with Crippen LogP contribution < -0.4 is 154 Å². The van der Waals surface area contributed by atoms with Crippen molar-refractivity contribution in [3.8, 4) is 0 Å². The first kappa shape index (κ1) is 44.8. The second-order valence-electron chi connectivity index (χ2n) is 5.86. The molecular formula is C14H19K3O12S5. The Kier molecular flexibility index (Phi) is 27.3. The van der Waals surface area contributed by atoms with Gasteiger partial charge in [-0.1, -0.05) is 12.1 Å². The van der Waals surface area contributed by atoms with Gasteiger partial charge in [-0.05, 0) is 31.0 Å². The van der Waals surface area contributed by atoms with E-state index in [0.29, 0.717) is 23.5 Å². The van der Waals surface area contributed by atoms with E-state index < -0.39 is 44.0 Å². The first-order valence-electron chi connectivity index (χ1n) is 8.09. The van der Waals surface area contributed by atoms with Crippen LogP contribution in [-0.2, 0) is 49.5 Å². The van der Waals surface area contributed by atoms with Crippen LogP contribution in [0, 0.1) is 0 Å². The van der Waals surface area contributed by atoms with Crippen LogP contribution in [0.3, 0.4) is 0 Å². The second-order valence-corrected chi connectivity index (χ2v) is 14.8. The molecule has 0 bridgehead atoms. The van der Waals surface area contributed by atoms with E-state index in [1.165, 1.54) is 43.0 Å². The summed E-state index contributed by atoms with van der Waals surface area (Å²) in [5.41, 5.74) is 0.596. The van der Waals surface area contributed by atoms with Crippen molar-refractivity contribution in [2.24, 2.45) is 0 Å². The van der Waals surface area contributed by atoms with Crippen LogP contribution >= 0.6 is 11.8 Å². The fourth-order valence-electron chi connectivity index (χ4n) is 1.71. The van der Waals surface area contributed by atoms with Crippen molar-refractivity contribution >= 4 is 55.8 Å². The van der Waals surface area contributed by atoms with Gasteiger partial charge in [-0.25, -0.2) is 33.7 Å². The van der Waals surface area contributed by atoms with E-state index in [4.69, 9.17) is 0 Å². The van der Waals surface area contributed by atoms with Crippen molar-refractivity contribution in [1.29, 1.82) is 0 Å². The number of thioether (sulfide) groups is 1. The molecule has 0 N–H and O–H groups in total. The van der Waals surface area contributed by atoms with Gasteiger partial charge in [-0.2, -0.15) is 11.8 Å². The van der Waals surface area contributed by atoms with Crippen LogP contribution in [0.15, 0.2) is 29.2 Å². The molecule has 1 aromatic rings. The van der Waals surface area contributed by atoms with E-state index >= 15 is 0 Å². The van der Waals surface area contributed by atoms with E-state index in [1.54, 1.807) is 0 Å². The summed E-state index contributed by atoms with van der Waals surface area (Å²) >= 11 is 1.42. The molecule has 0 aliphatic rings. The van der Waals surface area contributed by atoms with Crippen molar-refractivity contribution in [3.05, 3.63) is 29.8 Å². The third-order valence-corrected chi connectivity index (χ3v) is 8.95. The molecule has 1 aromatic carbocycles. The summed E-state index contributed by atoms with van der Waals surface area (Å²) < 4.78 is 111. The van der Waals surface area contributed by atoms with Gasteiger partial charge in [0.15, 0.2) is 28.1 Å². The van der Waals surface area contributed by atoms with Crippen LogP contribution in [0.1, 0.15) is 18.9 Å². The number of aryl methyl sites for hydroxylation is 1. The van der Waals surface area contributed by atoms with Crippen LogP contribution in [0.4, 0.5) is 0 Å². The maximum atomic E-state index is 12.1. The molecule has 0 radical (unpaired) electrons. The summed E-state index contributed by atoms with van der Waals surface area (Å²) in [6.07, 6.45) is 0.495. The molecule has 20 heteroatoms. The van der Waals surface area contributed by atoms with Gasteiger partial charge in [-0.3, -0.25) is 4.79 Å². The van der Waals surface area contributed by atoms with Crippen molar-refractivity contribution < 1.29 is 206 Å². The molecule has 0 unspecified atom stereocenters. The number of carbonyl (C=O) groups excluding carboxylic acids is 1. The SMILES string of the molecule is CC(=O)CCSCCS(=O)(=O)c1ccc(CCS(=O)(=O)[O-])cc1.O=S(=O)([O-])S(=O)(=O)[O-].[K+].[K+].[K+]. The minimum atomic E-state index is -5.67. The van der Waals surface area contributed by atoms with Crippen LogP contribution in [0.2, 0.25) is 0 Å². The van der Waals surface area contributed by atoms with Crippen LogP contribution in [-0.4, -0.2) is 76.1 Å². The van der Waals surface area contributed by atoms with E-state index in [9.17, 15) is 52.1 Å². The second kappa shape index (κ2) is 20.7. The molecule has 34 heavy (non-hydrogen) atoms. The van der Waals surface area contributed by atoms with Crippen molar-refractivity contribution in [3.63, 3.8) is 0 Å². The summed E-state index contributed by atoms with van der Waals surface area (Å²) in [7, 11) is -19.0. The number of hydrogen-bond acceptors (Lipinski definition) is 13. The van der Waals surface area contributed by atoms with E-state index in [-0.39, 0.29) is 177 Å². The number of ketones is 1.